The van der Waals surface area contributed by atoms with Crippen LogP contribution in [0.3, 0.4) is 0 Å². The van der Waals surface area contributed by atoms with E-state index in [1.807, 2.05) is 84.9 Å². The Balaban J connectivity index is 1.68. The van der Waals surface area contributed by atoms with Crippen LogP contribution in [0.1, 0.15) is 16.8 Å². The van der Waals surface area contributed by atoms with Gasteiger partial charge in [0.05, 0.1) is 0 Å². The summed E-state index contributed by atoms with van der Waals surface area (Å²) in [4.78, 5) is 0. The van der Waals surface area contributed by atoms with Gasteiger partial charge in [0.25, 0.3) is 0 Å². The molecule has 0 saturated heterocycles. The topological polar surface area (TPSA) is 47.6 Å². The Morgan fingerprint density at radius 1 is 0.567 bits per heavy atom. The van der Waals surface area contributed by atoms with E-state index in [9.17, 15) is 4.57 Å². The Hall–Kier alpha value is -3.49. The van der Waals surface area contributed by atoms with E-state index in [1.165, 1.54) is 0 Å². The van der Waals surface area contributed by atoms with Crippen molar-refractivity contribution in [1.29, 1.82) is 0 Å². The van der Waals surface area contributed by atoms with Crippen molar-refractivity contribution in [2.24, 2.45) is 0 Å². The fourth-order valence-corrected chi connectivity index (χ4v) is 5.94. The average molecular weight is 413 g/mol. The summed E-state index contributed by atoms with van der Waals surface area (Å²) in [7, 11) is -3.74. The first-order valence-electron chi connectivity index (χ1n) is 9.77. The zero-order valence-electron chi connectivity index (χ0n) is 16.1. The Morgan fingerprint density at radius 2 is 0.967 bits per heavy atom. The van der Waals surface area contributed by atoms with Crippen LogP contribution in [0.5, 0.6) is 11.5 Å². The van der Waals surface area contributed by atoms with Crippen LogP contribution < -0.4 is 14.4 Å². The summed E-state index contributed by atoms with van der Waals surface area (Å²) in [6.45, 7) is 0. The van der Waals surface area contributed by atoms with Crippen LogP contribution in [0, 0.1) is 0 Å². The number of fused-ring (bicyclic) bond motifs is 2. The van der Waals surface area contributed by atoms with E-state index in [-0.39, 0.29) is 0 Å². The van der Waals surface area contributed by atoms with Gasteiger partial charge >= 0.3 is 7.60 Å². The van der Waals surface area contributed by atoms with Gasteiger partial charge in [-0.05, 0) is 47.5 Å². The van der Waals surface area contributed by atoms with Gasteiger partial charge in [0.1, 0.15) is 17.2 Å². The molecular formula is C25H20NO3P. The summed E-state index contributed by atoms with van der Waals surface area (Å²) in [5.41, 5.74) is 2.98. The highest BCUT2D eigenvalue weighted by atomic mass is 31.2. The molecule has 1 heterocycles. The Bertz CT molecular complexity index is 1120. The first-order chi connectivity index (χ1) is 14.7. The van der Waals surface area contributed by atoms with Crippen molar-refractivity contribution in [1.82, 2.24) is 0 Å². The molecule has 1 aliphatic heterocycles. The maximum atomic E-state index is 14.6. The molecular weight excluding hydrogens is 393 g/mol. The first kappa shape index (κ1) is 18.5. The fourth-order valence-electron chi connectivity index (χ4n) is 3.73. The lowest BCUT2D eigenvalue weighted by Gasteiger charge is -2.33. The van der Waals surface area contributed by atoms with E-state index in [2.05, 4.69) is 5.32 Å². The van der Waals surface area contributed by atoms with Crippen LogP contribution in [0.2, 0.25) is 0 Å². The van der Waals surface area contributed by atoms with E-state index in [1.54, 1.807) is 24.3 Å². The molecule has 0 unspecified atom stereocenters. The smallest absolute Gasteiger partial charge is 0.415 e. The molecule has 1 N–H and O–H groups in total. The molecule has 4 aromatic carbocycles. The summed E-state index contributed by atoms with van der Waals surface area (Å²) in [5.74, 6) is 1.01. The summed E-state index contributed by atoms with van der Waals surface area (Å²) in [5, 5.41) is 3.44. The number of para-hydroxylation sites is 4. The Kier molecular flexibility index (Phi) is 4.78. The van der Waals surface area contributed by atoms with Crippen LogP contribution >= 0.6 is 7.60 Å². The van der Waals surface area contributed by atoms with Gasteiger partial charge in [-0.2, -0.15) is 0 Å². The number of rotatable bonds is 5. The van der Waals surface area contributed by atoms with Gasteiger partial charge in [-0.1, -0.05) is 72.8 Å². The largest absolute Gasteiger partial charge is 0.442 e. The summed E-state index contributed by atoms with van der Waals surface area (Å²) >= 11 is 0. The van der Waals surface area contributed by atoms with E-state index in [4.69, 9.17) is 9.05 Å². The van der Waals surface area contributed by atoms with Crippen LogP contribution in [0.15, 0.2) is 109 Å². The molecule has 4 nitrogen and oxygen atoms in total. The third-order valence-electron chi connectivity index (χ3n) is 5.05. The second-order valence-corrected chi connectivity index (χ2v) is 9.01. The molecule has 0 radical (unpaired) electrons. The van der Waals surface area contributed by atoms with Crippen molar-refractivity contribution < 1.29 is 13.6 Å². The molecule has 0 bridgehead atoms. The third kappa shape index (κ3) is 3.47. The summed E-state index contributed by atoms with van der Waals surface area (Å²) < 4.78 is 26.9. The zero-order valence-corrected chi connectivity index (χ0v) is 17.0. The van der Waals surface area contributed by atoms with Crippen LogP contribution in [0.25, 0.3) is 0 Å². The van der Waals surface area contributed by atoms with Crippen LogP contribution in [-0.4, -0.2) is 0 Å². The molecule has 0 aliphatic carbocycles. The lowest BCUT2D eigenvalue weighted by atomic mass is 9.97. The number of nitrogens with one attached hydrogen (secondary N) is 1. The predicted molar refractivity (Wildman–Crippen MR) is 120 cm³/mol. The Morgan fingerprint density at radius 3 is 1.43 bits per heavy atom. The molecule has 0 aromatic heterocycles. The monoisotopic (exact) mass is 413 g/mol. The lowest BCUT2D eigenvalue weighted by Crippen LogP contribution is -2.18. The van der Waals surface area contributed by atoms with Gasteiger partial charge in [0.2, 0.25) is 0 Å². The van der Waals surface area contributed by atoms with Crippen molar-refractivity contribution in [3.63, 3.8) is 0 Å². The molecule has 30 heavy (non-hydrogen) atoms. The van der Waals surface area contributed by atoms with Crippen LogP contribution in [0.4, 0.5) is 11.4 Å². The number of hydrogen-bond donors (Lipinski definition) is 1. The molecule has 0 atom stereocenters. The third-order valence-corrected chi connectivity index (χ3v) is 7.17. The first-order valence-corrected chi connectivity index (χ1v) is 11.4. The van der Waals surface area contributed by atoms with E-state index >= 15 is 0 Å². The lowest BCUT2D eigenvalue weighted by molar-refractivity contribution is 0.378. The number of benzene rings is 4. The highest BCUT2D eigenvalue weighted by Gasteiger charge is 2.45. The minimum Gasteiger partial charge on any atom is -0.415 e. The number of hydrogen-bond acceptors (Lipinski definition) is 4. The standard InChI is InChI=1S/C25H20NO3P/c27-30(28-19-11-3-1-4-12-19,29-20-13-5-2-6-14-20)25-21-15-7-9-17-23(21)26-24-18-10-8-16-22(24)25/h1-18,25-26H. The predicted octanol–water partition coefficient (Wildman–Crippen LogP) is 7.18. The molecule has 0 spiro atoms. The molecule has 5 rings (SSSR count). The molecule has 148 valence electrons. The minimum atomic E-state index is -3.74. The molecule has 5 heteroatoms. The second kappa shape index (κ2) is 7.74. The SMILES string of the molecule is O=P(Oc1ccccc1)(Oc1ccccc1)C1c2ccccc2Nc2ccccc21. The average Bonchev–Trinajstić information content (AvgIpc) is 2.78. The highest BCUT2D eigenvalue weighted by molar-refractivity contribution is 7.55. The van der Waals surface area contributed by atoms with Crippen molar-refractivity contribution >= 4 is 19.0 Å². The van der Waals surface area contributed by atoms with Gasteiger partial charge in [-0.3, -0.25) is 0 Å². The van der Waals surface area contributed by atoms with Gasteiger partial charge in [0.15, 0.2) is 0 Å². The van der Waals surface area contributed by atoms with Crippen molar-refractivity contribution in [2.75, 3.05) is 5.32 Å². The molecule has 0 amide bonds. The van der Waals surface area contributed by atoms with Gasteiger partial charge in [0, 0.05) is 11.4 Å². The van der Waals surface area contributed by atoms with Crippen molar-refractivity contribution in [3.8, 4) is 11.5 Å². The Labute approximate surface area is 175 Å². The van der Waals surface area contributed by atoms with Gasteiger partial charge in [-0.15, -0.1) is 0 Å². The van der Waals surface area contributed by atoms with E-state index < -0.39 is 13.3 Å². The molecule has 1 aliphatic rings. The van der Waals surface area contributed by atoms with Gasteiger partial charge in [-0.25, -0.2) is 4.57 Å². The maximum absolute atomic E-state index is 14.6. The van der Waals surface area contributed by atoms with Crippen molar-refractivity contribution in [3.05, 3.63) is 120 Å². The van der Waals surface area contributed by atoms with E-state index in [0.717, 1.165) is 22.5 Å². The normalized spacial score (nSPS) is 12.9. The molecule has 0 fully saturated rings. The zero-order chi connectivity index (χ0) is 20.4. The second-order valence-electron chi connectivity index (χ2n) is 7.05. The fraction of sp³-hybridized carbons (Fsp3) is 0.0400. The maximum Gasteiger partial charge on any atom is 0.442 e. The van der Waals surface area contributed by atoms with Crippen molar-refractivity contribution in [2.45, 2.75) is 5.66 Å². The van der Waals surface area contributed by atoms with Crippen LogP contribution in [-0.2, 0) is 4.57 Å². The van der Waals surface area contributed by atoms with Gasteiger partial charge < -0.3 is 14.4 Å². The quantitative estimate of drug-likeness (QED) is 0.352. The summed E-state index contributed by atoms with van der Waals surface area (Å²) in [6, 6.07) is 34.1. The molecule has 0 saturated carbocycles. The minimum absolute atomic E-state index is 0.505. The molecule has 4 aromatic rings. The van der Waals surface area contributed by atoms with E-state index in [0.29, 0.717) is 11.5 Å². The summed E-state index contributed by atoms with van der Waals surface area (Å²) in [6.07, 6.45) is 0. The highest BCUT2D eigenvalue weighted by Crippen LogP contribution is 2.66. The number of anilines is 2.